The van der Waals surface area contributed by atoms with Crippen molar-refractivity contribution in [2.45, 2.75) is 57.9 Å². The first-order chi connectivity index (χ1) is 16.3. The number of ether oxygens (including phenoxy) is 1. The predicted molar refractivity (Wildman–Crippen MR) is 131 cm³/mol. The van der Waals surface area contributed by atoms with E-state index in [1.807, 2.05) is 30.3 Å². The Kier molecular flexibility index (Phi) is 6.51. The van der Waals surface area contributed by atoms with Crippen LogP contribution in [0.5, 0.6) is 11.6 Å². The molecule has 0 spiro atoms. The number of rotatable bonds is 5. The molecule has 34 heavy (non-hydrogen) atoms. The third kappa shape index (κ3) is 5.01. The second-order valence-electron chi connectivity index (χ2n) is 9.57. The average Bonchev–Trinajstić information content (AvgIpc) is 3.32. The van der Waals surface area contributed by atoms with Crippen molar-refractivity contribution in [1.29, 1.82) is 5.26 Å². The summed E-state index contributed by atoms with van der Waals surface area (Å²) in [6, 6.07) is 14.7. The summed E-state index contributed by atoms with van der Waals surface area (Å²) in [5.41, 5.74) is 0.993. The number of amides is 1. The highest BCUT2D eigenvalue weighted by Crippen LogP contribution is 2.28. The molecule has 1 N–H and O–H groups in total. The number of pyridine rings is 1. The largest absolute Gasteiger partial charge is 0.438 e. The van der Waals surface area contributed by atoms with Gasteiger partial charge in [-0.15, -0.1) is 0 Å². The molecule has 1 aliphatic carbocycles. The fraction of sp³-hybridized carbons (Fsp3) is 0.333. The van der Waals surface area contributed by atoms with E-state index in [2.05, 4.69) is 31.1 Å². The van der Waals surface area contributed by atoms with Crippen molar-refractivity contribution in [3.63, 3.8) is 0 Å². The van der Waals surface area contributed by atoms with E-state index in [1.54, 1.807) is 24.4 Å². The molecule has 0 radical (unpaired) electrons. The molecule has 7 heteroatoms. The van der Waals surface area contributed by atoms with Crippen LogP contribution in [0.1, 0.15) is 57.6 Å². The number of fused-ring (bicyclic) bond motifs is 1. The van der Waals surface area contributed by atoms with Crippen molar-refractivity contribution in [2.24, 2.45) is 0 Å². The Balaban J connectivity index is 1.75. The van der Waals surface area contributed by atoms with Gasteiger partial charge >= 0.3 is 0 Å². The monoisotopic (exact) mass is 456 g/mol. The number of hydrogen-bond acceptors (Lipinski definition) is 5. The van der Waals surface area contributed by atoms with E-state index >= 15 is 0 Å². The summed E-state index contributed by atoms with van der Waals surface area (Å²) in [5.74, 6) is 0.0531. The SMILES string of the molecule is CC(C)(C)c1ccc(Oc2nc3ccccn3c(=O)c2C=C(C#N)C(=O)NC2CCCC2)cc1. The molecule has 1 amide bonds. The topological polar surface area (TPSA) is 96.5 Å². The van der Waals surface area contributed by atoms with Crippen LogP contribution in [-0.2, 0) is 10.2 Å². The van der Waals surface area contributed by atoms with Gasteiger partial charge in [-0.05, 0) is 54.2 Å². The van der Waals surface area contributed by atoms with Crippen LogP contribution in [0.3, 0.4) is 0 Å². The summed E-state index contributed by atoms with van der Waals surface area (Å²) in [4.78, 5) is 30.5. The summed E-state index contributed by atoms with van der Waals surface area (Å²) in [5, 5.41) is 12.6. The van der Waals surface area contributed by atoms with Crippen LogP contribution < -0.4 is 15.6 Å². The first kappa shape index (κ1) is 23.2. The minimum absolute atomic E-state index is 0.0131. The first-order valence-corrected chi connectivity index (χ1v) is 11.5. The van der Waals surface area contributed by atoms with Crippen LogP contribution in [0, 0.1) is 11.3 Å². The Morgan fingerprint density at radius 3 is 2.53 bits per heavy atom. The highest BCUT2D eigenvalue weighted by atomic mass is 16.5. The molecule has 0 bridgehead atoms. The van der Waals surface area contributed by atoms with Gasteiger partial charge in [-0.2, -0.15) is 10.2 Å². The molecule has 2 aromatic heterocycles. The van der Waals surface area contributed by atoms with Gasteiger partial charge in [0.2, 0.25) is 5.88 Å². The van der Waals surface area contributed by atoms with Crippen LogP contribution in [0.2, 0.25) is 0 Å². The number of hydrogen-bond donors (Lipinski definition) is 1. The van der Waals surface area contributed by atoms with E-state index < -0.39 is 11.5 Å². The number of nitrogens with one attached hydrogen (secondary N) is 1. The van der Waals surface area contributed by atoms with Crippen LogP contribution in [0.4, 0.5) is 0 Å². The van der Waals surface area contributed by atoms with Crippen molar-refractivity contribution >= 4 is 17.6 Å². The molecule has 3 aromatic rings. The van der Waals surface area contributed by atoms with Crippen LogP contribution >= 0.6 is 0 Å². The molecule has 0 saturated heterocycles. The molecule has 0 unspecified atom stereocenters. The molecular formula is C27H28N4O3. The molecule has 4 rings (SSSR count). The zero-order chi connectivity index (χ0) is 24.3. The number of carbonyl (C=O) groups excluding carboxylic acids is 1. The molecule has 1 saturated carbocycles. The van der Waals surface area contributed by atoms with Gasteiger partial charge in [0.25, 0.3) is 11.5 Å². The van der Waals surface area contributed by atoms with Crippen molar-refractivity contribution in [1.82, 2.24) is 14.7 Å². The molecule has 2 heterocycles. The van der Waals surface area contributed by atoms with Crippen molar-refractivity contribution in [2.75, 3.05) is 0 Å². The molecule has 174 valence electrons. The molecular weight excluding hydrogens is 428 g/mol. The summed E-state index contributed by atoms with van der Waals surface area (Å²) in [6.45, 7) is 6.37. The van der Waals surface area contributed by atoms with Gasteiger partial charge in [0.05, 0.1) is 0 Å². The van der Waals surface area contributed by atoms with Crippen LogP contribution in [0.25, 0.3) is 11.7 Å². The van der Waals surface area contributed by atoms with E-state index in [0.717, 1.165) is 31.2 Å². The third-order valence-corrected chi connectivity index (χ3v) is 6.01. The summed E-state index contributed by atoms with van der Waals surface area (Å²) >= 11 is 0. The smallest absolute Gasteiger partial charge is 0.269 e. The molecule has 0 atom stereocenters. The number of aromatic nitrogens is 2. The quantitative estimate of drug-likeness (QED) is 0.441. The van der Waals surface area contributed by atoms with E-state index in [4.69, 9.17) is 4.74 Å². The van der Waals surface area contributed by atoms with E-state index in [0.29, 0.717) is 11.4 Å². The lowest BCUT2D eigenvalue weighted by atomic mass is 9.87. The Labute approximate surface area is 198 Å². The van der Waals surface area contributed by atoms with Crippen molar-refractivity contribution < 1.29 is 9.53 Å². The average molecular weight is 457 g/mol. The first-order valence-electron chi connectivity index (χ1n) is 11.5. The zero-order valence-electron chi connectivity index (χ0n) is 19.7. The number of carbonyl (C=O) groups is 1. The highest BCUT2D eigenvalue weighted by Gasteiger charge is 2.21. The lowest BCUT2D eigenvalue weighted by Gasteiger charge is -2.19. The molecule has 1 aromatic carbocycles. The Morgan fingerprint density at radius 1 is 1.18 bits per heavy atom. The lowest BCUT2D eigenvalue weighted by Crippen LogP contribution is -2.33. The molecule has 1 aliphatic rings. The molecule has 1 fully saturated rings. The minimum atomic E-state index is -0.493. The van der Waals surface area contributed by atoms with Crippen molar-refractivity contribution in [3.8, 4) is 17.7 Å². The third-order valence-electron chi connectivity index (χ3n) is 6.01. The van der Waals surface area contributed by atoms with E-state index in [9.17, 15) is 14.9 Å². The van der Waals surface area contributed by atoms with Gasteiger partial charge in [0.15, 0.2) is 0 Å². The Bertz CT molecular complexity index is 1340. The van der Waals surface area contributed by atoms with Crippen LogP contribution in [-0.4, -0.2) is 21.3 Å². The van der Waals surface area contributed by atoms with Crippen LogP contribution in [0.15, 0.2) is 59.0 Å². The fourth-order valence-corrected chi connectivity index (χ4v) is 4.04. The Morgan fingerprint density at radius 2 is 1.88 bits per heavy atom. The second-order valence-corrected chi connectivity index (χ2v) is 9.57. The summed E-state index contributed by atoms with van der Waals surface area (Å²) in [7, 11) is 0. The summed E-state index contributed by atoms with van der Waals surface area (Å²) < 4.78 is 7.38. The van der Waals surface area contributed by atoms with Gasteiger partial charge in [-0.1, -0.05) is 51.8 Å². The van der Waals surface area contributed by atoms with E-state index in [-0.39, 0.29) is 28.5 Å². The normalized spacial score (nSPS) is 14.7. The van der Waals surface area contributed by atoms with Crippen molar-refractivity contribution in [3.05, 3.63) is 75.7 Å². The second kappa shape index (κ2) is 9.52. The van der Waals surface area contributed by atoms with Gasteiger partial charge in [0, 0.05) is 12.2 Å². The maximum atomic E-state index is 13.3. The van der Waals surface area contributed by atoms with Gasteiger partial charge in [-0.25, -0.2) is 0 Å². The number of nitrogens with zero attached hydrogens (tertiary/aromatic N) is 3. The lowest BCUT2D eigenvalue weighted by molar-refractivity contribution is -0.117. The Hall–Kier alpha value is -3.92. The van der Waals surface area contributed by atoms with Gasteiger partial charge in [0.1, 0.15) is 28.6 Å². The van der Waals surface area contributed by atoms with Gasteiger partial charge < -0.3 is 10.1 Å². The number of benzene rings is 1. The zero-order valence-corrected chi connectivity index (χ0v) is 19.7. The minimum Gasteiger partial charge on any atom is -0.438 e. The highest BCUT2D eigenvalue weighted by molar-refractivity contribution is 6.02. The standard InChI is InChI=1S/C27H28N4O3/c1-27(2,3)19-11-13-21(14-12-19)34-25-22(26(33)31-15-7-6-10-23(31)30-25)16-18(17-28)24(32)29-20-8-4-5-9-20/h6-7,10-16,20H,4-5,8-9H2,1-3H3,(H,29,32). The summed E-state index contributed by atoms with van der Waals surface area (Å²) in [6.07, 6.45) is 6.76. The maximum Gasteiger partial charge on any atom is 0.269 e. The maximum absolute atomic E-state index is 13.3. The predicted octanol–water partition coefficient (Wildman–Crippen LogP) is 4.75. The van der Waals surface area contributed by atoms with Gasteiger partial charge in [-0.3, -0.25) is 14.0 Å². The molecule has 7 nitrogen and oxygen atoms in total. The number of nitriles is 1. The fourth-order valence-electron chi connectivity index (χ4n) is 4.04. The molecule has 0 aliphatic heterocycles. The van der Waals surface area contributed by atoms with E-state index in [1.165, 1.54) is 10.5 Å².